The van der Waals surface area contributed by atoms with Crippen LogP contribution in [0.2, 0.25) is 0 Å². The number of aryl methyl sites for hydroxylation is 2. The lowest BCUT2D eigenvalue weighted by atomic mass is 10.0. The van der Waals surface area contributed by atoms with Gasteiger partial charge in [0.25, 0.3) is 10.0 Å². The lowest BCUT2D eigenvalue weighted by Gasteiger charge is -2.23. The Labute approximate surface area is 194 Å². The molecule has 1 aliphatic rings. The Morgan fingerprint density at radius 3 is 2.39 bits per heavy atom. The van der Waals surface area contributed by atoms with Crippen molar-refractivity contribution in [1.29, 1.82) is 0 Å². The van der Waals surface area contributed by atoms with Gasteiger partial charge in [-0.15, -0.1) is 4.40 Å². The Bertz CT molecular complexity index is 1320. The number of phenolic OH excluding ortho intramolecular Hbond substituents is 1. The number of hydrogen-bond donors (Lipinski definition) is 3. The minimum atomic E-state index is -3.93. The SMILES string of the molecule is Cc1cc([C@H](NC2=CS(=O)(=O)N=C2Nc2cccc(S(=O)(=O)N(C)C)c2O)C(C)C)oc1C. The number of nitrogens with one attached hydrogen (secondary N) is 2. The summed E-state index contributed by atoms with van der Waals surface area (Å²) in [6, 6.07) is 5.65. The lowest BCUT2D eigenvalue weighted by Crippen LogP contribution is -2.30. The van der Waals surface area contributed by atoms with Gasteiger partial charge in [-0.2, -0.15) is 8.42 Å². The summed E-state index contributed by atoms with van der Waals surface area (Å²) in [5.41, 5.74) is 1.13. The van der Waals surface area contributed by atoms with Crippen molar-refractivity contribution >= 4 is 31.6 Å². The second kappa shape index (κ2) is 8.84. The molecule has 2 aromatic rings. The molecule has 0 radical (unpaired) electrons. The maximum atomic E-state index is 12.5. The van der Waals surface area contributed by atoms with E-state index in [9.17, 15) is 21.9 Å². The van der Waals surface area contributed by atoms with Crippen LogP contribution in [0.25, 0.3) is 0 Å². The summed E-state index contributed by atoms with van der Waals surface area (Å²) in [5, 5.41) is 17.5. The first-order chi connectivity index (χ1) is 15.2. The Hall–Kier alpha value is -2.83. The van der Waals surface area contributed by atoms with Crippen molar-refractivity contribution in [3.8, 4) is 5.75 Å². The highest BCUT2D eigenvalue weighted by Gasteiger charge is 2.30. The molecular weight excluding hydrogens is 468 g/mol. The van der Waals surface area contributed by atoms with Gasteiger partial charge in [0.15, 0.2) is 11.6 Å². The molecule has 1 aromatic carbocycles. The van der Waals surface area contributed by atoms with E-state index in [1.54, 1.807) is 0 Å². The van der Waals surface area contributed by atoms with Crippen molar-refractivity contribution < 1.29 is 26.4 Å². The number of hydrogen-bond acceptors (Lipinski definition) is 8. The second-order valence-electron chi connectivity index (χ2n) is 8.31. The molecule has 180 valence electrons. The molecular formula is C21H28N4O6S2. The van der Waals surface area contributed by atoms with E-state index < -0.39 is 25.8 Å². The minimum absolute atomic E-state index is 0.00717. The van der Waals surface area contributed by atoms with Crippen LogP contribution in [0.1, 0.15) is 37.0 Å². The molecule has 0 saturated carbocycles. The Morgan fingerprint density at radius 2 is 1.85 bits per heavy atom. The number of amidine groups is 1. The van der Waals surface area contributed by atoms with Crippen LogP contribution in [-0.2, 0) is 20.0 Å². The molecule has 10 nitrogen and oxygen atoms in total. The summed E-state index contributed by atoms with van der Waals surface area (Å²) < 4.78 is 60.0. The number of aromatic hydroxyl groups is 1. The molecule has 2 heterocycles. The smallest absolute Gasteiger partial charge is 0.279 e. The topological polar surface area (TPSA) is 141 Å². The predicted octanol–water partition coefficient (Wildman–Crippen LogP) is 2.83. The molecule has 0 unspecified atom stereocenters. The molecule has 0 bridgehead atoms. The van der Waals surface area contributed by atoms with Gasteiger partial charge in [-0.3, -0.25) is 0 Å². The van der Waals surface area contributed by atoms with Crippen molar-refractivity contribution in [1.82, 2.24) is 9.62 Å². The van der Waals surface area contributed by atoms with E-state index in [0.717, 1.165) is 21.0 Å². The van der Waals surface area contributed by atoms with E-state index >= 15 is 0 Å². The predicted molar refractivity (Wildman–Crippen MR) is 126 cm³/mol. The summed E-state index contributed by atoms with van der Waals surface area (Å²) >= 11 is 0. The normalized spacial score (nSPS) is 16.6. The van der Waals surface area contributed by atoms with Crippen LogP contribution in [0.4, 0.5) is 5.69 Å². The monoisotopic (exact) mass is 496 g/mol. The van der Waals surface area contributed by atoms with Gasteiger partial charge in [0.1, 0.15) is 16.4 Å². The highest BCUT2D eigenvalue weighted by molar-refractivity contribution is 7.93. The molecule has 33 heavy (non-hydrogen) atoms. The first-order valence-electron chi connectivity index (χ1n) is 10.1. The largest absolute Gasteiger partial charge is 0.504 e. The van der Waals surface area contributed by atoms with Crippen LogP contribution in [0.15, 0.2) is 49.1 Å². The fourth-order valence-corrected chi connectivity index (χ4v) is 5.17. The van der Waals surface area contributed by atoms with Gasteiger partial charge in [0, 0.05) is 14.1 Å². The van der Waals surface area contributed by atoms with Crippen LogP contribution in [-0.4, -0.2) is 46.2 Å². The Kier molecular flexibility index (Phi) is 6.65. The van der Waals surface area contributed by atoms with Gasteiger partial charge in [0.05, 0.1) is 22.8 Å². The first kappa shape index (κ1) is 24.8. The van der Waals surface area contributed by atoms with E-state index in [0.29, 0.717) is 5.76 Å². The first-order valence-corrected chi connectivity index (χ1v) is 13.1. The van der Waals surface area contributed by atoms with Gasteiger partial charge >= 0.3 is 0 Å². The van der Waals surface area contributed by atoms with Gasteiger partial charge in [-0.1, -0.05) is 19.9 Å². The number of sulfonamides is 2. The third kappa shape index (κ3) is 5.07. The summed E-state index contributed by atoms with van der Waals surface area (Å²) in [5.74, 6) is 0.820. The molecule has 3 rings (SSSR count). The van der Waals surface area contributed by atoms with Crippen LogP contribution in [0.5, 0.6) is 5.75 Å². The summed E-state index contributed by atoms with van der Waals surface area (Å²) in [7, 11) is -5.16. The number of rotatable bonds is 7. The van der Waals surface area contributed by atoms with Crippen molar-refractivity contribution in [2.75, 3.05) is 19.4 Å². The maximum absolute atomic E-state index is 12.5. The van der Waals surface area contributed by atoms with E-state index in [2.05, 4.69) is 15.0 Å². The molecule has 1 aliphatic heterocycles. The van der Waals surface area contributed by atoms with Crippen LogP contribution in [0.3, 0.4) is 0 Å². The standard InChI is InChI=1S/C21H28N4O6S2/c1-12(2)19(17-10-13(3)14(4)31-17)22-16-11-32(27,28)24-21(16)23-15-8-7-9-18(20(15)26)33(29,30)25(5)6/h7-12,19,22,26H,1-6H3,(H,23,24)/t19-/m1/s1. The number of furan rings is 1. The summed E-state index contributed by atoms with van der Waals surface area (Å²) in [4.78, 5) is -0.320. The van der Waals surface area contributed by atoms with Crippen LogP contribution in [0, 0.1) is 19.8 Å². The molecule has 0 spiro atoms. The number of anilines is 1. The van der Waals surface area contributed by atoms with Crippen molar-refractivity contribution in [3.63, 3.8) is 0 Å². The summed E-state index contributed by atoms with van der Waals surface area (Å²) in [6.45, 7) is 7.69. The number of nitrogens with zero attached hydrogens (tertiary/aromatic N) is 2. The fourth-order valence-electron chi connectivity index (χ4n) is 3.24. The number of benzene rings is 1. The van der Waals surface area contributed by atoms with Gasteiger partial charge in [-0.05, 0) is 43.5 Å². The molecule has 12 heteroatoms. The molecule has 0 aliphatic carbocycles. The van der Waals surface area contributed by atoms with E-state index in [1.807, 2.05) is 33.8 Å². The Balaban J connectivity index is 1.96. The third-order valence-corrected chi connectivity index (χ3v) is 8.04. The van der Waals surface area contributed by atoms with Gasteiger partial charge in [-0.25, -0.2) is 12.7 Å². The minimum Gasteiger partial charge on any atom is -0.504 e. The quantitative estimate of drug-likeness (QED) is 0.497. The fraction of sp³-hybridized carbons (Fsp3) is 0.381. The highest BCUT2D eigenvalue weighted by Crippen LogP contribution is 2.34. The third-order valence-electron chi connectivity index (χ3n) is 5.22. The van der Waals surface area contributed by atoms with E-state index in [4.69, 9.17) is 4.42 Å². The average molecular weight is 497 g/mol. The number of para-hydroxylation sites is 1. The summed E-state index contributed by atoms with van der Waals surface area (Å²) in [6.07, 6.45) is 0. The highest BCUT2D eigenvalue weighted by atomic mass is 32.2. The van der Waals surface area contributed by atoms with Crippen molar-refractivity contribution in [2.24, 2.45) is 10.3 Å². The average Bonchev–Trinajstić information content (AvgIpc) is 3.18. The zero-order chi connectivity index (χ0) is 24.7. The maximum Gasteiger partial charge on any atom is 0.279 e. The molecule has 0 fully saturated rings. The zero-order valence-electron chi connectivity index (χ0n) is 19.2. The van der Waals surface area contributed by atoms with Crippen LogP contribution >= 0.6 is 0 Å². The number of phenols is 1. The van der Waals surface area contributed by atoms with Crippen LogP contribution < -0.4 is 10.6 Å². The lowest BCUT2D eigenvalue weighted by molar-refractivity contribution is 0.357. The van der Waals surface area contributed by atoms with Gasteiger partial charge < -0.3 is 20.2 Å². The molecule has 1 atom stereocenters. The molecule has 0 amide bonds. The second-order valence-corrected chi connectivity index (χ2v) is 11.9. The Morgan fingerprint density at radius 1 is 1.18 bits per heavy atom. The zero-order valence-corrected chi connectivity index (χ0v) is 20.9. The molecule has 0 saturated heterocycles. The van der Waals surface area contributed by atoms with E-state index in [1.165, 1.54) is 32.3 Å². The molecule has 1 aromatic heterocycles. The van der Waals surface area contributed by atoms with Crippen molar-refractivity contribution in [2.45, 2.75) is 38.6 Å². The molecule has 3 N–H and O–H groups in total. The van der Waals surface area contributed by atoms with Gasteiger partial charge in [0.2, 0.25) is 10.0 Å². The van der Waals surface area contributed by atoms with Crippen molar-refractivity contribution in [3.05, 3.63) is 52.5 Å². The van der Waals surface area contributed by atoms with E-state index in [-0.39, 0.29) is 34.1 Å².